The molecule has 1 atom stereocenters. The maximum absolute atomic E-state index is 13.0. The Balaban J connectivity index is 1.83. The van der Waals surface area contributed by atoms with Crippen molar-refractivity contribution in [2.75, 3.05) is 18.8 Å². The van der Waals surface area contributed by atoms with Crippen molar-refractivity contribution in [3.05, 3.63) is 68.4 Å². The predicted octanol–water partition coefficient (Wildman–Crippen LogP) is 3.69. The van der Waals surface area contributed by atoms with Crippen LogP contribution in [0.3, 0.4) is 0 Å². The molecule has 11 heteroatoms. The smallest absolute Gasteiger partial charge is 0.337 e. The number of nitro groups is 1. The van der Waals surface area contributed by atoms with E-state index in [0.29, 0.717) is 28.4 Å². The molecule has 0 aromatic heterocycles. The van der Waals surface area contributed by atoms with Crippen LogP contribution in [0.15, 0.2) is 47.7 Å². The van der Waals surface area contributed by atoms with Crippen LogP contribution in [0, 0.1) is 10.1 Å². The van der Waals surface area contributed by atoms with Crippen molar-refractivity contribution in [2.45, 2.75) is 13.0 Å². The maximum Gasteiger partial charge on any atom is 0.337 e. The molecule has 4 rings (SSSR count). The molecule has 0 bridgehead atoms. The third-order valence-corrected chi connectivity index (χ3v) is 5.32. The summed E-state index contributed by atoms with van der Waals surface area (Å²) in [6.07, 6.45) is 0. The highest BCUT2D eigenvalue weighted by Crippen LogP contribution is 2.40. The van der Waals surface area contributed by atoms with Gasteiger partial charge in [0.2, 0.25) is 6.79 Å². The lowest BCUT2D eigenvalue weighted by molar-refractivity contribution is -0.384. The highest BCUT2D eigenvalue weighted by Gasteiger charge is 2.38. The van der Waals surface area contributed by atoms with Crippen LogP contribution >= 0.6 is 11.6 Å². The Morgan fingerprint density at radius 1 is 1.26 bits per heavy atom. The summed E-state index contributed by atoms with van der Waals surface area (Å²) in [5, 5.41) is 14.0. The van der Waals surface area contributed by atoms with E-state index in [4.69, 9.17) is 25.8 Å². The molecule has 2 aliphatic heterocycles. The normalized spacial score (nSPS) is 17.5. The van der Waals surface area contributed by atoms with Crippen molar-refractivity contribution >= 4 is 35.0 Å². The number of hydrogen-bond donors (Lipinski definition) is 1. The number of anilines is 1. The number of ether oxygens (including phenoxy) is 3. The highest BCUT2D eigenvalue weighted by molar-refractivity contribution is 6.32. The number of urea groups is 1. The first-order chi connectivity index (χ1) is 14.8. The van der Waals surface area contributed by atoms with E-state index in [-0.39, 0.29) is 23.1 Å². The van der Waals surface area contributed by atoms with E-state index in [1.54, 1.807) is 25.1 Å². The van der Waals surface area contributed by atoms with Crippen molar-refractivity contribution in [1.29, 1.82) is 0 Å². The molecule has 1 N–H and O–H groups in total. The van der Waals surface area contributed by atoms with Gasteiger partial charge in [-0.1, -0.05) is 17.7 Å². The summed E-state index contributed by atoms with van der Waals surface area (Å²) >= 11 is 5.90. The zero-order valence-corrected chi connectivity index (χ0v) is 17.1. The van der Waals surface area contributed by atoms with Gasteiger partial charge in [-0.2, -0.15) is 0 Å². The molecule has 0 spiro atoms. The number of benzene rings is 2. The fraction of sp³-hybridized carbons (Fsp3) is 0.200. The third kappa shape index (κ3) is 3.50. The van der Waals surface area contributed by atoms with Crippen molar-refractivity contribution in [3.63, 3.8) is 0 Å². The van der Waals surface area contributed by atoms with Crippen LogP contribution in [-0.2, 0) is 9.53 Å². The standard InChI is InChI=1S/C20H16ClN3O7/c1-10-17(19(25)29-2)18(11-3-5-13(21)14(7-11)24(27)28)22-20(26)23(10)12-4-6-15-16(8-12)31-9-30-15/h3-8,18H,9H2,1-2H3,(H,22,26)/t18-/m1/s1. The number of esters is 1. The lowest BCUT2D eigenvalue weighted by Gasteiger charge is -2.35. The minimum Gasteiger partial charge on any atom is -0.466 e. The van der Waals surface area contributed by atoms with E-state index in [0.717, 1.165) is 0 Å². The maximum atomic E-state index is 13.0. The quantitative estimate of drug-likeness (QED) is 0.432. The van der Waals surface area contributed by atoms with Crippen LogP contribution in [0.1, 0.15) is 18.5 Å². The average molecular weight is 446 g/mol. The molecular formula is C20H16ClN3O7. The minimum atomic E-state index is -0.971. The van der Waals surface area contributed by atoms with Gasteiger partial charge in [0.25, 0.3) is 5.69 Å². The van der Waals surface area contributed by atoms with Crippen LogP contribution in [0.4, 0.5) is 16.2 Å². The van der Waals surface area contributed by atoms with E-state index in [2.05, 4.69) is 5.32 Å². The summed E-state index contributed by atoms with van der Waals surface area (Å²) in [7, 11) is 1.21. The molecule has 0 unspecified atom stereocenters. The third-order valence-electron chi connectivity index (χ3n) is 5.00. The van der Waals surface area contributed by atoms with E-state index in [1.165, 1.54) is 30.2 Å². The first kappa shape index (κ1) is 20.5. The van der Waals surface area contributed by atoms with Crippen molar-refractivity contribution < 1.29 is 28.7 Å². The van der Waals surface area contributed by atoms with Crippen LogP contribution in [-0.4, -0.2) is 30.8 Å². The van der Waals surface area contributed by atoms with E-state index in [9.17, 15) is 19.7 Å². The largest absolute Gasteiger partial charge is 0.466 e. The lowest BCUT2D eigenvalue weighted by atomic mass is 9.94. The van der Waals surface area contributed by atoms with Gasteiger partial charge >= 0.3 is 12.0 Å². The van der Waals surface area contributed by atoms with Crippen LogP contribution < -0.4 is 19.7 Å². The van der Waals surface area contributed by atoms with E-state index < -0.39 is 23.0 Å². The molecule has 0 aliphatic carbocycles. The van der Waals surface area contributed by atoms with Gasteiger partial charge < -0.3 is 19.5 Å². The summed E-state index contributed by atoms with van der Waals surface area (Å²) in [5.74, 6) is 0.321. The fourth-order valence-electron chi connectivity index (χ4n) is 3.55. The van der Waals surface area contributed by atoms with Gasteiger partial charge in [-0.3, -0.25) is 15.0 Å². The number of nitro benzene ring substituents is 1. The molecule has 0 radical (unpaired) electrons. The van der Waals surface area contributed by atoms with Crippen LogP contribution in [0.5, 0.6) is 11.5 Å². The van der Waals surface area contributed by atoms with Gasteiger partial charge in [0.1, 0.15) is 5.02 Å². The molecule has 2 aromatic carbocycles. The Morgan fingerprint density at radius 2 is 2.00 bits per heavy atom. The van der Waals surface area contributed by atoms with Gasteiger partial charge in [-0.05, 0) is 30.7 Å². The number of carbonyl (C=O) groups is 2. The van der Waals surface area contributed by atoms with Gasteiger partial charge in [0.15, 0.2) is 11.5 Å². The number of halogens is 1. The molecule has 160 valence electrons. The zero-order chi connectivity index (χ0) is 22.3. The average Bonchev–Trinajstić information content (AvgIpc) is 3.21. The molecule has 2 heterocycles. The Bertz CT molecular complexity index is 1150. The van der Waals surface area contributed by atoms with Crippen LogP contribution in [0.25, 0.3) is 0 Å². The first-order valence-corrected chi connectivity index (χ1v) is 9.42. The summed E-state index contributed by atoms with van der Waals surface area (Å²) < 4.78 is 15.6. The number of amides is 2. The fourth-order valence-corrected chi connectivity index (χ4v) is 3.74. The number of rotatable bonds is 4. The van der Waals surface area contributed by atoms with E-state index in [1.807, 2.05) is 0 Å². The molecule has 10 nitrogen and oxygen atoms in total. The number of nitrogens with zero attached hydrogens (tertiary/aromatic N) is 2. The van der Waals surface area contributed by atoms with Crippen LogP contribution in [0.2, 0.25) is 5.02 Å². The van der Waals surface area contributed by atoms with E-state index >= 15 is 0 Å². The number of fused-ring (bicyclic) bond motifs is 1. The summed E-state index contributed by atoms with van der Waals surface area (Å²) in [6, 6.07) is 7.49. The van der Waals surface area contributed by atoms with Crippen molar-refractivity contribution in [1.82, 2.24) is 5.32 Å². The predicted molar refractivity (Wildman–Crippen MR) is 109 cm³/mol. The molecule has 0 fully saturated rings. The SMILES string of the molecule is COC(=O)C1=C(C)N(c2ccc3c(c2)OCO3)C(=O)N[C@@H]1c1ccc(Cl)c([N+](=O)[O-])c1. The Kier molecular flexibility index (Phi) is 5.15. The Labute approximate surface area is 181 Å². The second kappa shape index (κ2) is 7.80. The molecule has 0 saturated carbocycles. The van der Waals surface area contributed by atoms with Gasteiger partial charge in [-0.25, -0.2) is 9.59 Å². The monoisotopic (exact) mass is 445 g/mol. The lowest BCUT2D eigenvalue weighted by Crippen LogP contribution is -2.48. The topological polar surface area (TPSA) is 120 Å². The van der Waals surface area contributed by atoms with Crippen molar-refractivity contribution in [2.24, 2.45) is 0 Å². The molecule has 2 aromatic rings. The summed E-state index contributed by atoms with van der Waals surface area (Å²) in [5.41, 5.74) is 0.845. The molecule has 2 aliphatic rings. The highest BCUT2D eigenvalue weighted by atomic mass is 35.5. The number of hydrogen-bond acceptors (Lipinski definition) is 7. The molecule has 2 amide bonds. The number of carbonyl (C=O) groups excluding carboxylic acids is 2. The summed E-state index contributed by atoms with van der Waals surface area (Å²) in [6.45, 7) is 1.66. The number of allylic oxidation sites excluding steroid dienone is 1. The Morgan fingerprint density at radius 3 is 2.71 bits per heavy atom. The molecular weight excluding hydrogens is 430 g/mol. The second-order valence-corrected chi connectivity index (χ2v) is 7.12. The number of methoxy groups -OCH3 is 1. The van der Waals surface area contributed by atoms with Gasteiger partial charge in [0.05, 0.1) is 29.3 Å². The Hall–Kier alpha value is -3.79. The minimum absolute atomic E-state index is 0.0572. The van der Waals surface area contributed by atoms with Crippen molar-refractivity contribution in [3.8, 4) is 11.5 Å². The summed E-state index contributed by atoms with van der Waals surface area (Å²) in [4.78, 5) is 37.6. The second-order valence-electron chi connectivity index (χ2n) is 6.71. The van der Waals surface area contributed by atoms with Gasteiger partial charge in [-0.15, -0.1) is 0 Å². The zero-order valence-electron chi connectivity index (χ0n) is 16.4. The number of nitrogens with one attached hydrogen (secondary N) is 1. The molecule has 31 heavy (non-hydrogen) atoms. The van der Waals surface area contributed by atoms with Gasteiger partial charge in [0, 0.05) is 17.8 Å². The first-order valence-electron chi connectivity index (χ1n) is 9.05. The molecule has 0 saturated heterocycles.